The molecular formula is C22H23NO7. The maximum atomic E-state index is 12.9. The minimum atomic E-state index is -0.394. The van der Waals surface area contributed by atoms with Gasteiger partial charge in [-0.2, -0.15) is 0 Å². The van der Waals surface area contributed by atoms with E-state index in [1.165, 1.54) is 14.2 Å². The quantitative estimate of drug-likeness (QED) is 0.738. The molecule has 0 aromatic heterocycles. The zero-order chi connectivity index (χ0) is 21.0. The smallest absolute Gasteiger partial charge is 0.310 e. The number of hydrogen-bond acceptors (Lipinski definition) is 8. The standard InChI is InChI=1S/C22H23NO7/c1-23-20-12-7-15-14(29-9-30-15)6-11(12)18(19-13(20)8-28-22(19)25)10-4-16(26-2)21(24)17(5-10)27-3/h4-7,13,18-20,23-24H,8-9H2,1-3H3/t13-,18+,19-,20+/m0/s1. The molecule has 158 valence electrons. The van der Waals surface area contributed by atoms with Crippen LogP contribution in [-0.4, -0.2) is 45.7 Å². The molecule has 0 amide bonds. The summed E-state index contributed by atoms with van der Waals surface area (Å²) in [4.78, 5) is 12.9. The van der Waals surface area contributed by atoms with E-state index in [0.29, 0.717) is 18.1 Å². The first-order chi connectivity index (χ1) is 14.6. The number of aromatic hydroxyl groups is 1. The third-order valence-corrected chi connectivity index (χ3v) is 6.36. The fourth-order valence-corrected chi connectivity index (χ4v) is 5.03. The van der Waals surface area contributed by atoms with Gasteiger partial charge in [0.25, 0.3) is 0 Å². The lowest BCUT2D eigenvalue weighted by molar-refractivity contribution is -0.141. The number of nitrogens with one attached hydrogen (secondary N) is 1. The van der Waals surface area contributed by atoms with Gasteiger partial charge in [0.05, 0.1) is 26.7 Å². The molecule has 2 aromatic rings. The number of rotatable bonds is 4. The SMILES string of the molecule is CN[C@@H]1c2cc3c(cc2[C@@H](c2cc(OC)c(O)c(OC)c2)[C@H]2C(=O)OC[C@@H]21)OCO3. The van der Waals surface area contributed by atoms with Crippen LogP contribution in [0.25, 0.3) is 0 Å². The van der Waals surface area contributed by atoms with E-state index >= 15 is 0 Å². The van der Waals surface area contributed by atoms with Crippen molar-refractivity contribution in [1.82, 2.24) is 5.32 Å². The van der Waals surface area contributed by atoms with E-state index in [9.17, 15) is 9.90 Å². The molecule has 8 nitrogen and oxygen atoms in total. The summed E-state index contributed by atoms with van der Waals surface area (Å²) in [6.07, 6.45) is 0. The number of methoxy groups -OCH3 is 2. The molecule has 4 atom stereocenters. The van der Waals surface area contributed by atoms with Crippen LogP contribution in [0.2, 0.25) is 0 Å². The van der Waals surface area contributed by atoms with Gasteiger partial charge in [-0.15, -0.1) is 0 Å². The van der Waals surface area contributed by atoms with Crippen LogP contribution in [0.5, 0.6) is 28.7 Å². The zero-order valence-electron chi connectivity index (χ0n) is 16.9. The Bertz CT molecular complexity index is 996. The van der Waals surface area contributed by atoms with Crippen LogP contribution in [0, 0.1) is 11.8 Å². The van der Waals surface area contributed by atoms with Gasteiger partial charge in [0, 0.05) is 17.9 Å². The topological polar surface area (TPSA) is 95.5 Å². The second kappa shape index (κ2) is 6.98. The highest BCUT2D eigenvalue weighted by molar-refractivity contribution is 5.79. The van der Waals surface area contributed by atoms with Gasteiger partial charge >= 0.3 is 5.97 Å². The fraction of sp³-hybridized carbons (Fsp3) is 0.409. The van der Waals surface area contributed by atoms with Gasteiger partial charge in [-0.05, 0) is 48.0 Å². The lowest BCUT2D eigenvalue weighted by atomic mass is 9.65. The van der Waals surface area contributed by atoms with Crippen molar-refractivity contribution in [2.75, 3.05) is 34.7 Å². The number of benzene rings is 2. The highest BCUT2D eigenvalue weighted by Gasteiger charge is 2.52. The Morgan fingerprint density at radius 2 is 1.63 bits per heavy atom. The lowest BCUT2D eigenvalue weighted by Crippen LogP contribution is -2.39. The van der Waals surface area contributed by atoms with E-state index in [1.807, 2.05) is 19.2 Å². The predicted octanol–water partition coefficient (Wildman–Crippen LogP) is 2.33. The van der Waals surface area contributed by atoms with Gasteiger partial charge in [0.15, 0.2) is 23.0 Å². The third-order valence-electron chi connectivity index (χ3n) is 6.36. The molecule has 2 N–H and O–H groups in total. The number of ether oxygens (including phenoxy) is 5. The Kier molecular flexibility index (Phi) is 4.39. The summed E-state index contributed by atoms with van der Waals surface area (Å²) in [6, 6.07) is 7.36. The maximum absolute atomic E-state index is 12.9. The molecular weight excluding hydrogens is 390 g/mol. The van der Waals surface area contributed by atoms with Crippen molar-refractivity contribution in [3.8, 4) is 28.7 Å². The van der Waals surface area contributed by atoms with E-state index in [-0.39, 0.29) is 47.9 Å². The molecule has 3 aliphatic rings. The molecule has 5 rings (SSSR count). The summed E-state index contributed by atoms with van der Waals surface area (Å²) in [5.41, 5.74) is 2.79. The van der Waals surface area contributed by atoms with Crippen molar-refractivity contribution < 1.29 is 33.6 Å². The predicted molar refractivity (Wildman–Crippen MR) is 105 cm³/mol. The van der Waals surface area contributed by atoms with Crippen molar-refractivity contribution >= 4 is 5.97 Å². The zero-order valence-corrected chi connectivity index (χ0v) is 16.9. The monoisotopic (exact) mass is 413 g/mol. The number of phenols is 1. The first kappa shape index (κ1) is 18.9. The number of carbonyl (C=O) groups is 1. The van der Waals surface area contributed by atoms with Crippen LogP contribution in [0.1, 0.15) is 28.7 Å². The Balaban J connectivity index is 1.75. The Hall–Kier alpha value is -3.13. The highest BCUT2D eigenvalue weighted by Crippen LogP contribution is 2.55. The molecule has 1 saturated heterocycles. The van der Waals surface area contributed by atoms with Crippen LogP contribution in [0.3, 0.4) is 0 Å². The Morgan fingerprint density at radius 1 is 1.00 bits per heavy atom. The maximum Gasteiger partial charge on any atom is 0.310 e. The highest BCUT2D eigenvalue weighted by atomic mass is 16.7. The van der Waals surface area contributed by atoms with Crippen LogP contribution >= 0.6 is 0 Å². The fourth-order valence-electron chi connectivity index (χ4n) is 5.03. The molecule has 0 saturated carbocycles. The van der Waals surface area contributed by atoms with Crippen LogP contribution in [0.4, 0.5) is 0 Å². The first-order valence-corrected chi connectivity index (χ1v) is 9.79. The second-order valence-corrected chi connectivity index (χ2v) is 7.67. The minimum Gasteiger partial charge on any atom is -0.502 e. The van der Waals surface area contributed by atoms with Gasteiger partial charge < -0.3 is 34.1 Å². The summed E-state index contributed by atoms with van der Waals surface area (Å²) < 4.78 is 27.4. The molecule has 0 unspecified atom stereocenters. The first-order valence-electron chi connectivity index (χ1n) is 9.79. The lowest BCUT2D eigenvalue weighted by Gasteiger charge is -2.39. The molecule has 8 heteroatoms. The molecule has 30 heavy (non-hydrogen) atoms. The minimum absolute atomic E-state index is 0.0498. The number of hydrogen-bond donors (Lipinski definition) is 2. The van der Waals surface area contributed by atoms with Crippen molar-refractivity contribution in [2.45, 2.75) is 12.0 Å². The largest absolute Gasteiger partial charge is 0.502 e. The molecule has 0 bridgehead atoms. The van der Waals surface area contributed by atoms with E-state index < -0.39 is 5.92 Å². The summed E-state index contributed by atoms with van der Waals surface area (Å²) in [7, 11) is 4.84. The number of fused-ring (bicyclic) bond motifs is 3. The molecule has 0 radical (unpaired) electrons. The number of esters is 1. The molecule has 2 aliphatic heterocycles. The number of carbonyl (C=O) groups excluding carboxylic acids is 1. The Labute approximate surface area is 173 Å². The molecule has 2 heterocycles. The van der Waals surface area contributed by atoms with Crippen molar-refractivity contribution in [1.29, 1.82) is 0 Å². The van der Waals surface area contributed by atoms with E-state index in [1.54, 1.807) is 12.1 Å². The van der Waals surface area contributed by atoms with E-state index in [0.717, 1.165) is 16.7 Å². The van der Waals surface area contributed by atoms with Crippen LogP contribution in [-0.2, 0) is 9.53 Å². The average molecular weight is 413 g/mol. The van der Waals surface area contributed by atoms with E-state index in [2.05, 4.69) is 5.32 Å². The summed E-state index contributed by atoms with van der Waals surface area (Å²) >= 11 is 0. The van der Waals surface area contributed by atoms with E-state index in [4.69, 9.17) is 23.7 Å². The summed E-state index contributed by atoms with van der Waals surface area (Å²) in [6.45, 7) is 0.509. The second-order valence-electron chi connectivity index (χ2n) is 7.67. The molecule has 1 aliphatic carbocycles. The van der Waals surface area contributed by atoms with Crippen molar-refractivity contribution in [2.24, 2.45) is 11.8 Å². The summed E-state index contributed by atoms with van der Waals surface area (Å²) in [5, 5.41) is 13.7. The third kappa shape index (κ3) is 2.60. The van der Waals surface area contributed by atoms with Gasteiger partial charge in [-0.25, -0.2) is 0 Å². The van der Waals surface area contributed by atoms with Gasteiger partial charge in [0.2, 0.25) is 12.5 Å². The molecule has 1 fully saturated rings. The average Bonchev–Trinajstić information content (AvgIpc) is 3.37. The molecule has 2 aromatic carbocycles. The van der Waals surface area contributed by atoms with Crippen LogP contribution < -0.4 is 24.3 Å². The normalized spacial score (nSPS) is 26.0. The number of phenolic OH excluding ortho intramolecular Hbond substituents is 1. The van der Waals surface area contributed by atoms with Gasteiger partial charge in [-0.1, -0.05) is 0 Å². The molecule has 0 spiro atoms. The van der Waals surface area contributed by atoms with Crippen LogP contribution in [0.15, 0.2) is 24.3 Å². The van der Waals surface area contributed by atoms with Crippen molar-refractivity contribution in [3.63, 3.8) is 0 Å². The Morgan fingerprint density at radius 3 is 2.23 bits per heavy atom. The number of cyclic esters (lactones) is 1. The van der Waals surface area contributed by atoms with Gasteiger partial charge in [-0.3, -0.25) is 4.79 Å². The van der Waals surface area contributed by atoms with Crippen molar-refractivity contribution in [3.05, 3.63) is 41.0 Å². The van der Waals surface area contributed by atoms with Gasteiger partial charge in [0.1, 0.15) is 0 Å². The summed E-state index contributed by atoms with van der Waals surface area (Å²) in [5.74, 6) is 0.829.